The molecule has 88 valence electrons. The van der Waals surface area contributed by atoms with Crippen LogP contribution in [0.5, 0.6) is 11.6 Å². The fraction of sp³-hybridized carbons (Fsp3) is 0. The number of hydrogen-bond acceptors (Lipinski definition) is 3. The van der Waals surface area contributed by atoms with E-state index in [4.69, 9.17) is 16.3 Å². The van der Waals surface area contributed by atoms with Crippen LogP contribution >= 0.6 is 11.6 Å². The first-order valence-corrected chi connectivity index (χ1v) is 5.84. The molecule has 3 nitrogen and oxygen atoms in total. The molecule has 0 unspecified atom stereocenters. The molecule has 0 bridgehead atoms. The quantitative estimate of drug-likeness (QED) is 0.648. The van der Waals surface area contributed by atoms with E-state index in [-0.39, 0.29) is 0 Å². The Kier molecular flexibility index (Phi) is 2.82. The van der Waals surface area contributed by atoms with Gasteiger partial charge in [0.05, 0.1) is 5.39 Å². The van der Waals surface area contributed by atoms with Gasteiger partial charge in [0.1, 0.15) is 10.9 Å². The first-order chi connectivity index (χ1) is 8.84. The van der Waals surface area contributed by atoms with Gasteiger partial charge in [-0.15, -0.1) is 0 Å². The predicted octanol–water partition coefficient (Wildman–Crippen LogP) is 4.08. The molecule has 0 saturated heterocycles. The third kappa shape index (κ3) is 2.00. The summed E-state index contributed by atoms with van der Waals surface area (Å²) < 4.78 is 5.74. The van der Waals surface area contributed by atoms with Crippen molar-refractivity contribution >= 4 is 22.4 Å². The van der Waals surface area contributed by atoms with Crippen LogP contribution in [0.25, 0.3) is 10.8 Å². The Morgan fingerprint density at radius 3 is 2.39 bits per heavy atom. The molecule has 2 aromatic heterocycles. The van der Waals surface area contributed by atoms with Gasteiger partial charge < -0.3 is 4.74 Å². The Bertz CT molecular complexity index is 680. The zero-order valence-corrected chi connectivity index (χ0v) is 10.1. The highest BCUT2D eigenvalue weighted by Crippen LogP contribution is 2.31. The van der Waals surface area contributed by atoms with Gasteiger partial charge in [-0.1, -0.05) is 29.8 Å². The highest BCUT2D eigenvalue weighted by atomic mass is 35.5. The molecule has 0 spiro atoms. The largest absolute Gasteiger partial charge is 0.438 e. The first-order valence-electron chi connectivity index (χ1n) is 5.47. The minimum atomic E-state index is 0.395. The average molecular weight is 257 g/mol. The summed E-state index contributed by atoms with van der Waals surface area (Å²) >= 11 is 6.10. The molecule has 0 atom stereocenters. The summed E-state index contributed by atoms with van der Waals surface area (Å²) in [6.07, 6.45) is 3.36. The van der Waals surface area contributed by atoms with Gasteiger partial charge in [0, 0.05) is 12.4 Å². The van der Waals surface area contributed by atoms with Crippen molar-refractivity contribution in [1.82, 2.24) is 9.97 Å². The lowest BCUT2D eigenvalue weighted by molar-refractivity contribution is 0.469. The van der Waals surface area contributed by atoms with Crippen LogP contribution in [0.4, 0.5) is 0 Å². The maximum Gasteiger partial charge on any atom is 0.230 e. The van der Waals surface area contributed by atoms with Crippen molar-refractivity contribution in [2.24, 2.45) is 0 Å². The van der Waals surface area contributed by atoms with Crippen LogP contribution in [0.2, 0.25) is 5.15 Å². The molecule has 0 N–H and O–H groups in total. The fourth-order valence-electron chi connectivity index (χ4n) is 1.73. The number of hydrogen-bond donors (Lipinski definition) is 0. The van der Waals surface area contributed by atoms with E-state index < -0.39 is 0 Å². The number of benzene rings is 1. The smallest absolute Gasteiger partial charge is 0.230 e. The van der Waals surface area contributed by atoms with Crippen molar-refractivity contribution in [2.75, 3.05) is 0 Å². The zero-order valence-electron chi connectivity index (χ0n) is 9.38. The topological polar surface area (TPSA) is 35.0 Å². The lowest BCUT2D eigenvalue weighted by atomic mass is 10.2. The van der Waals surface area contributed by atoms with E-state index in [0.29, 0.717) is 11.0 Å². The third-order valence-electron chi connectivity index (χ3n) is 2.55. The van der Waals surface area contributed by atoms with Crippen LogP contribution in [-0.2, 0) is 0 Å². The molecule has 1 aromatic carbocycles. The molecule has 3 aromatic rings. The van der Waals surface area contributed by atoms with Crippen LogP contribution in [0.3, 0.4) is 0 Å². The lowest BCUT2D eigenvalue weighted by Crippen LogP contribution is -1.90. The van der Waals surface area contributed by atoms with Gasteiger partial charge in [-0.2, -0.15) is 0 Å². The second-order valence-electron chi connectivity index (χ2n) is 3.73. The maximum absolute atomic E-state index is 6.10. The lowest BCUT2D eigenvalue weighted by Gasteiger charge is -2.08. The van der Waals surface area contributed by atoms with Gasteiger partial charge in [0.2, 0.25) is 5.88 Å². The SMILES string of the molecule is Clc1nccc2ccnc(Oc3ccccc3)c12. The van der Waals surface area contributed by atoms with Crippen molar-refractivity contribution in [2.45, 2.75) is 0 Å². The molecule has 0 amide bonds. The van der Waals surface area contributed by atoms with Crippen LogP contribution < -0.4 is 4.74 Å². The summed E-state index contributed by atoms with van der Waals surface area (Å²) in [7, 11) is 0. The predicted molar refractivity (Wildman–Crippen MR) is 71.1 cm³/mol. The molecule has 0 aliphatic heterocycles. The number of aromatic nitrogens is 2. The number of ether oxygens (including phenoxy) is 1. The van der Waals surface area contributed by atoms with Crippen LogP contribution in [0, 0.1) is 0 Å². The Morgan fingerprint density at radius 2 is 1.61 bits per heavy atom. The van der Waals surface area contributed by atoms with E-state index in [1.807, 2.05) is 42.5 Å². The molecular formula is C14H9ClN2O. The molecule has 4 heteroatoms. The van der Waals surface area contributed by atoms with Crippen molar-refractivity contribution < 1.29 is 4.74 Å². The molecule has 2 heterocycles. The van der Waals surface area contributed by atoms with Gasteiger partial charge in [-0.05, 0) is 29.7 Å². The Balaban J connectivity index is 2.12. The Morgan fingerprint density at radius 1 is 0.889 bits per heavy atom. The molecule has 18 heavy (non-hydrogen) atoms. The Labute approximate surface area is 109 Å². The van der Waals surface area contributed by atoms with Gasteiger partial charge in [-0.3, -0.25) is 0 Å². The summed E-state index contributed by atoms with van der Waals surface area (Å²) in [5.74, 6) is 1.19. The summed E-state index contributed by atoms with van der Waals surface area (Å²) in [6, 6.07) is 13.2. The molecule has 0 radical (unpaired) electrons. The minimum absolute atomic E-state index is 0.395. The zero-order chi connectivity index (χ0) is 12.4. The highest BCUT2D eigenvalue weighted by Gasteiger charge is 2.09. The van der Waals surface area contributed by atoms with E-state index in [1.165, 1.54) is 0 Å². The molecule has 0 saturated carbocycles. The van der Waals surface area contributed by atoms with Crippen molar-refractivity contribution in [1.29, 1.82) is 0 Å². The highest BCUT2D eigenvalue weighted by molar-refractivity contribution is 6.34. The summed E-state index contributed by atoms with van der Waals surface area (Å²) in [6.45, 7) is 0. The van der Waals surface area contributed by atoms with Crippen molar-refractivity contribution in [3.05, 3.63) is 60.0 Å². The molecule has 0 fully saturated rings. The average Bonchev–Trinajstić information content (AvgIpc) is 2.40. The fourth-order valence-corrected chi connectivity index (χ4v) is 1.97. The summed E-state index contributed by atoms with van der Waals surface area (Å²) in [5, 5.41) is 2.08. The van der Waals surface area contributed by atoms with Crippen molar-refractivity contribution in [3.8, 4) is 11.6 Å². The standard InChI is InChI=1S/C14H9ClN2O/c15-13-12-10(6-8-16-13)7-9-17-14(12)18-11-4-2-1-3-5-11/h1-9H. The van der Waals surface area contributed by atoms with Gasteiger partial charge in [0.25, 0.3) is 0 Å². The molecular weight excluding hydrogens is 248 g/mol. The normalized spacial score (nSPS) is 10.5. The van der Waals surface area contributed by atoms with E-state index in [9.17, 15) is 0 Å². The van der Waals surface area contributed by atoms with Crippen LogP contribution in [0.1, 0.15) is 0 Å². The van der Waals surface area contributed by atoms with Crippen LogP contribution in [0.15, 0.2) is 54.9 Å². The van der Waals surface area contributed by atoms with Crippen molar-refractivity contribution in [3.63, 3.8) is 0 Å². The molecule has 0 aliphatic rings. The number of para-hydroxylation sites is 1. The van der Waals surface area contributed by atoms with Gasteiger partial charge >= 0.3 is 0 Å². The molecule has 3 rings (SSSR count). The van der Waals surface area contributed by atoms with E-state index in [1.54, 1.807) is 12.4 Å². The van der Waals surface area contributed by atoms with Gasteiger partial charge in [0.15, 0.2) is 0 Å². The second-order valence-corrected chi connectivity index (χ2v) is 4.09. The number of rotatable bonds is 2. The maximum atomic E-state index is 6.10. The Hall–Kier alpha value is -2.13. The van der Waals surface area contributed by atoms with E-state index in [0.717, 1.165) is 16.5 Å². The number of fused-ring (bicyclic) bond motifs is 1. The minimum Gasteiger partial charge on any atom is -0.438 e. The summed E-state index contributed by atoms with van der Waals surface area (Å²) in [5.41, 5.74) is 0. The number of pyridine rings is 2. The van der Waals surface area contributed by atoms with E-state index >= 15 is 0 Å². The first kappa shape index (κ1) is 11.0. The third-order valence-corrected chi connectivity index (χ3v) is 2.84. The van der Waals surface area contributed by atoms with Crippen LogP contribution in [-0.4, -0.2) is 9.97 Å². The number of halogens is 1. The van der Waals surface area contributed by atoms with Gasteiger partial charge in [-0.25, -0.2) is 9.97 Å². The number of nitrogens with zero attached hydrogens (tertiary/aromatic N) is 2. The summed E-state index contributed by atoms with van der Waals surface area (Å²) in [4.78, 5) is 8.27. The second kappa shape index (κ2) is 4.63. The van der Waals surface area contributed by atoms with E-state index in [2.05, 4.69) is 9.97 Å². The molecule has 0 aliphatic carbocycles. The monoisotopic (exact) mass is 256 g/mol.